The number of hydrogen-bond acceptors (Lipinski definition) is 8. The minimum atomic E-state index is -0.934. The van der Waals surface area contributed by atoms with Gasteiger partial charge >= 0.3 is 18.0 Å². The number of carbonyl (C=O) groups is 5. The predicted molar refractivity (Wildman–Crippen MR) is 174 cm³/mol. The Hall–Kier alpha value is -4.09. The second-order valence-electron chi connectivity index (χ2n) is 11.3. The van der Waals surface area contributed by atoms with Gasteiger partial charge in [0.2, 0.25) is 11.8 Å². The van der Waals surface area contributed by atoms with E-state index >= 15 is 0 Å². The molecule has 0 aromatic heterocycles. The zero-order chi connectivity index (χ0) is 31.9. The second kappa shape index (κ2) is 16.8. The standard InChI is InChI=1S/C32H39N3O8.2ClH/c1-18(34-30(39)19(2)35-31(40)43-32(5,6)7)29(38)33-17-24-15-23(22-11-9-8-10-12-22)16-26-25(24)13-14-27(41-20(3)36)28(26)42-21(4)37;;/h8-15,18-19,23H,16-17H2,1-7H3,(H,33,38)(H,34,39)(H,35,40);2*1H/t18-,19-,23?;;/m0../s1. The van der Waals surface area contributed by atoms with Crippen LogP contribution in [0, 0.1) is 0 Å². The van der Waals surface area contributed by atoms with Crippen LogP contribution in [0.25, 0.3) is 5.57 Å². The molecular formula is C32H41Cl2N3O8. The second-order valence-corrected chi connectivity index (χ2v) is 11.3. The van der Waals surface area contributed by atoms with E-state index in [2.05, 4.69) is 16.0 Å². The molecule has 0 spiro atoms. The number of esters is 2. The number of halogens is 2. The van der Waals surface area contributed by atoms with Gasteiger partial charge in [-0.15, -0.1) is 24.8 Å². The summed E-state index contributed by atoms with van der Waals surface area (Å²) in [6.07, 6.45) is 1.76. The smallest absolute Gasteiger partial charge is 0.408 e. The Morgan fingerprint density at radius 3 is 2.02 bits per heavy atom. The van der Waals surface area contributed by atoms with Crippen molar-refractivity contribution in [3.05, 3.63) is 65.2 Å². The number of carbonyl (C=O) groups excluding carboxylic acids is 5. The Balaban J connectivity index is 0.00000506. The summed E-state index contributed by atoms with van der Waals surface area (Å²) in [6.45, 7) is 10.8. The highest BCUT2D eigenvalue weighted by molar-refractivity contribution is 5.92. The van der Waals surface area contributed by atoms with Gasteiger partial charge in [-0.05, 0) is 63.8 Å². The molecule has 45 heavy (non-hydrogen) atoms. The zero-order valence-corrected chi connectivity index (χ0v) is 28.0. The number of hydrogen-bond donors (Lipinski definition) is 3. The maximum atomic E-state index is 13.0. The van der Waals surface area contributed by atoms with Crippen LogP contribution >= 0.6 is 24.8 Å². The first-order valence-corrected chi connectivity index (χ1v) is 14.0. The van der Waals surface area contributed by atoms with Crippen LogP contribution in [-0.4, -0.2) is 54.1 Å². The topological polar surface area (TPSA) is 149 Å². The lowest BCUT2D eigenvalue weighted by Crippen LogP contribution is -2.52. The summed E-state index contributed by atoms with van der Waals surface area (Å²) in [5.74, 6) is -1.96. The Morgan fingerprint density at radius 2 is 1.44 bits per heavy atom. The molecule has 3 N–H and O–H groups in total. The number of amides is 3. The lowest BCUT2D eigenvalue weighted by Gasteiger charge is -2.28. The van der Waals surface area contributed by atoms with E-state index in [0.717, 1.165) is 16.7 Å². The van der Waals surface area contributed by atoms with Crippen molar-refractivity contribution in [2.75, 3.05) is 6.54 Å². The number of alkyl carbamates (subject to hydrolysis) is 1. The molecule has 2 aromatic carbocycles. The average molecular weight is 667 g/mol. The molecule has 0 aliphatic heterocycles. The maximum Gasteiger partial charge on any atom is 0.408 e. The first kappa shape index (κ1) is 38.9. The molecule has 1 unspecified atom stereocenters. The zero-order valence-electron chi connectivity index (χ0n) is 26.3. The van der Waals surface area contributed by atoms with Gasteiger partial charge in [0.1, 0.15) is 17.7 Å². The number of rotatable bonds is 9. The molecular weight excluding hydrogens is 625 g/mol. The molecule has 13 heteroatoms. The summed E-state index contributed by atoms with van der Waals surface area (Å²) in [4.78, 5) is 61.4. The van der Waals surface area contributed by atoms with Crippen LogP contribution in [0.3, 0.4) is 0 Å². The number of allylic oxidation sites excluding steroid dienone is 1. The molecule has 1 aliphatic rings. The lowest BCUT2D eigenvalue weighted by molar-refractivity contribution is -0.134. The van der Waals surface area contributed by atoms with Crippen LogP contribution in [-0.2, 0) is 30.3 Å². The molecule has 0 saturated heterocycles. The van der Waals surface area contributed by atoms with E-state index in [-0.39, 0.29) is 48.8 Å². The summed E-state index contributed by atoms with van der Waals surface area (Å²) in [5.41, 5.74) is 2.44. The van der Waals surface area contributed by atoms with E-state index in [0.29, 0.717) is 12.0 Å². The van der Waals surface area contributed by atoms with Gasteiger partial charge in [0.25, 0.3) is 0 Å². The van der Waals surface area contributed by atoms with Crippen molar-refractivity contribution in [3.8, 4) is 11.5 Å². The maximum absolute atomic E-state index is 13.0. The normalized spacial score (nSPS) is 14.8. The van der Waals surface area contributed by atoms with Crippen LogP contribution in [0.4, 0.5) is 4.79 Å². The van der Waals surface area contributed by atoms with Gasteiger partial charge in [-0.1, -0.05) is 42.5 Å². The fourth-order valence-electron chi connectivity index (χ4n) is 4.57. The fourth-order valence-corrected chi connectivity index (χ4v) is 4.57. The van der Waals surface area contributed by atoms with Crippen LogP contribution in [0.2, 0.25) is 0 Å². The molecule has 0 fully saturated rings. The van der Waals surface area contributed by atoms with E-state index in [4.69, 9.17) is 14.2 Å². The average Bonchev–Trinajstić information content (AvgIpc) is 2.91. The molecule has 3 rings (SSSR count). The highest BCUT2D eigenvalue weighted by Gasteiger charge is 2.29. The molecule has 1 aliphatic carbocycles. The monoisotopic (exact) mass is 665 g/mol. The van der Waals surface area contributed by atoms with Crippen molar-refractivity contribution < 1.29 is 38.2 Å². The van der Waals surface area contributed by atoms with E-state index < -0.39 is 47.5 Å². The third-order valence-corrected chi connectivity index (χ3v) is 6.46. The summed E-state index contributed by atoms with van der Waals surface area (Å²) in [6, 6.07) is 11.2. The van der Waals surface area contributed by atoms with Gasteiger partial charge in [0.05, 0.1) is 0 Å². The Labute approximate surface area is 275 Å². The highest BCUT2D eigenvalue weighted by Crippen LogP contribution is 2.43. The van der Waals surface area contributed by atoms with Crippen LogP contribution < -0.4 is 25.4 Å². The summed E-state index contributed by atoms with van der Waals surface area (Å²) < 4.78 is 16.1. The van der Waals surface area contributed by atoms with Gasteiger partial charge in [0, 0.05) is 31.9 Å². The van der Waals surface area contributed by atoms with Gasteiger partial charge < -0.3 is 30.2 Å². The van der Waals surface area contributed by atoms with Crippen molar-refractivity contribution in [1.82, 2.24) is 16.0 Å². The Bertz CT molecular complexity index is 1420. The molecule has 0 heterocycles. The minimum absolute atomic E-state index is 0. The first-order chi connectivity index (χ1) is 20.1. The third kappa shape index (κ3) is 11.4. The molecule has 11 nitrogen and oxygen atoms in total. The lowest BCUT2D eigenvalue weighted by atomic mass is 9.80. The molecule has 246 valence electrons. The third-order valence-electron chi connectivity index (χ3n) is 6.46. The van der Waals surface area contributed by atoms with E-state index in [1.54, 1.807) is 32.9 Å². The van der Waals surface area contributed by atoms with Gasteiger partial charge in [0.15, 0.2) is 11.5 Å². The molecule has 0 radical (unpaired) electrons. The fraction of sp³-hybridized carbons (Fsp3) is 0.406. The first-order valence-electron chi connectivity index (χ1n) is 14.0. The summed E-state index contributed by atoms with van der Waals surface area (Å²) in [7, 11) is 0. The molecule has 0 saturated carbocycles. The quantitative estimate of drug-likeness (QED) is 0.259. The minimum Gasteiger partial charge on any atom is -0.444 e. The van der Waals surface area contributed by atoms with Crippen LogP contribution in [0.5, 0.6) is 11.5 Å². The number of ether oxygens (including phenoxy) is 3. The number of benzene rings is 2. The van der Waals surface area contributed by atoms with E-state index in [1.165, 1.54) is 27.7 Å². The highest BCUT2D eigenvalue weighted by atomic mass is 35.5. The van der Waals surface area contributed by atoms with Crippen molar-refractivity contribution in [2.45, 2.75) is 78.5 Å². The van der Waals surface area contributed by atoms with Crippen molar-refractivity contribution >= 4 is 60.2 Å². The van der Waals surface area contributed by atoms with Crippen LogP contribution in [0.1, 0.15) is 71.1 Å². The van der Waals surface area contributed by atoms with Crippen LogP contribution in [0.15, 0.2) is 48.5 Å². The van der Waals surface area contributed by atoms with Crippen molar-refractivity contribution in [1.29, 1.82) is 0 Å². The SMILES string of the molecule is CC(=O)Oc1ccc2c(c1OC(C)=O)CC(c1ccccc1)C=C2CNC(=O)[C@H](C)NC(=O)[C@H](C)NC(=O)OC(C)(C)C.Cl.Cl. The van der Waals surface area contributed by atoms with Crippen molar-refractivity contribution in [3.63, 3.8) is 0 Å². The molecule has 2 aromatic rings. The molecule has 3 amide bonds. The number of fused-ring (bicyclic) bond motifs is 1. The Morgan fingerprint density at radius 1 is 0.844 bits per heavy atom. The molecule has 3 atom stereocenters. The summed E-state index contributed by atoms with van der Waals surface area (Å²) in [5, 5.41) is 7.91. The van der Waals surface area contributed by atoms with E-state index in [9.17, 15) is 24.0 Å². The number of nitrogens with one attached hydrogen (secondary N) is 3. The predicted octanol–water partition coefficient (Wildman–Crippen LogP) is 4.64. The largest absolute Gasteiger partial charge is 0.444 e. The van der Waals surface area contributed by atoms with Crippen molar-refractivity contribution in [2.24, 2.45) is 0 Å². The Kier molecular flexibility index (Phi) is 14.6. The van der Waals surface area contributed by atoms with Gasteiger partial charge in [-0.25, -0.2) is 4.79 Å². The summed E-state index contributed by atoms with van der Waals surface area (Å²) >= 11 is 0. The van der Waals surface area contributed by atoms with Gasteiger partial charge in [-0.2, -0.15) is 0 Å². The molecule has 0 bridgehead atoms. The van der Waals surface area contributed by atoms with E-state index in [1.807, 2.05) is 36.4 Å². The van der Waals surface area contributed by atoms with Gasteiger partial charge in [-0.3, -0.25) is 19.2 Å².